The Bertz CT molecular complexity index is 1900. The van der Waals surface area contributed by atoms with Crippen molar-refractivity contribution in [1.82, 2.24) is 44.6 Å². The Morgan fingerprint density at radius 2 is 1.27 bits per heavy atom. The van der Waals surface area contributed by atoms with Crippen LogP contribution in [0.2, 0.25) is 0 Å². The van der Waals surface area contributed by atoms with Gasteiger partial charge in [0.2, 0.25) is 0 Å². The fraction of sp³-hybridized carbons (Fsp3) is 0.111. The van der Waals surface area contributed by atoms with Gasteiger partial charge in [0.25, 0.3) is 17.8 Å². The number of rotatable bonds is 5. The van der Waals surface area contributed by atoms with Crippen molar-refractivity contribution < 1.29 is 14.4 Å². The Morgan fingerprint density at radius 1 is 0.780 bits per heavy atom. The normalized spacial score (nSPS) is 10.9. The van der Waals surface area contributed by atoms with E-state index >= 15 is 0 Å². The summed E-state index contributed by atoms with van der Waals surface area (Å²) < 4.78 is 5.08. The summed E-state index contributed by atoms with van der Waals surface area (Å²) in [6, 6.07) is 14.8. The lowest BCUT2D eigenvalue weighted by atomic mass is 10.2. The van der Waals surface area contributed by atoms with Crippen molar-refractivity contribution in [3.8, 4) is 11.9 Å². The zero-order valence-electron chi connectivity index (χ0n) is 21.9. The third-order valence-electron chi connectivity index (χ3n) is 5.87. The fourth-order valence-corrected chi connectivity index (χ4v) is 4.46. The molecular formula is C27H21Br2N9O3. The molecule has 0 saturated heterocycles. The third kappa shape index (κ3) is 6.04. The second-order valence-electron chi connectivity index (χ2n) is 8.54. The summed E-state index contributed by atoms with van der Waals surface area (Å²) in [6.45, 7) is 1.48. The lowest BCUT2D eigenvalue weighted by molar-refractivity contribution is -0.0760. The van der Waals surface area contributed by atoms with Crippen LogP contribution in [0.25, 0.3) is 33.7 Å². The molecule has 0 fully saturated rings. The second-order valence-corrected chi connectivity index (χ2v) is 10.4. The van der Waals surface area contributed by atoms with E-state index in [0.717, 1.165) is 35.8 Å². The summed E-state index contributed by atoms with van der Waals surface area (Å²) in [5.41, 5.74) is 2.34. The minimum absolute atomic E-state index is 0.0960. The smallest absolute Gasteiger partial charge is 0.293 e. The predicted molar refractivity (Wildman–Crippen MR) is 158 cm³/mol. The average molecular weight is 679 g/mol. The van der Waals surface area contributed by atoms with Gasteiger partial charge in [0, 0.05) is 46.1 Å². The van der Waals surface area contributed by atoms with Crippen molar-refractivity contribution in [3.63, 3.8) is 0 Å². The van der Waals surface area contributed by atoms with Gasteiger partial charge in [-0.3, -0.25) is 14.4 Å². The molecule has 0 bridgehead atoms. The van der Waals surface area contributed by atoms with Crippen molar-refractivity contribution in [2.24, 2.45) is 0 Å². The van der Waals surface area contributed by atoms with Gasteiger partial charge in [0.1, 0.15) is 11.4 Å². The number of benzene rings is 2. The zero-order valence-corrected chi connectivity index (χ0v) is 25.1. The molecule has 0 saturated carbocycles. The number of carbonyl (C=O) groups excluding carboxylic acids is 2. The van der Waals surface area contributed by atoms with E-state index in [1.54, 1.807) is 34.0 Å². The van der Waals surface area contributed by atoms with Crippen LogP contribution in [0, 0.1) is 0 Å². The van der Waals surface area contributed by atoms with Gasteiger partial charge in [-0.1, -0.05) is 44.0 Å². The molecule has 0 spiro atoms. The molecule has 0 unspecified atom stereocenters. The van der Waals surface area contributed by atoms with Gasteiger partial charge in [0.15, 0.2) is 5.78 Å². The molecule has 0 aliphatic carbocycles. The van der Waals surface area contributed by atoms with Crippen LogP contribution in [-0.4, -0.2) is 70.4 Å². The number of fused-ring (bicyclic) bond motifs is 2. The maximum absolute atomic E-state index is 12.1. The van der Waals surface area contributed by atoms with E-state index in [-0.39, 0.29) is 17.4 Å². The van der Waals surface area contributed by atoms with Crippen LogP contribution < -0.4 is 0 Å². The van der Waals surface area contributed by atoms with Gasteiger partial charge in [-0.25, -0.2) is 25.0 Å². The highest BCUT2D eigenvalue weighted by Crippen LogP contribution is 2.22. The van der Waals surface area contributed by atoms with Crippen LogP contribution in [0.4, 0.5) is 0 Å². The SMILES string of the molecule is CC(=O)c1ccnc(-n2ncc3ccc(Br)cc32)n1.CON(C)C(=O)c1ccnc(-n2ncc3ccc(Br)cc32)n1. The first-order valence-electron chi connectivity index (χ1n) is 12.0. The van der Waals surface area contributed by atoms with Crippen LogP contribution in [0.15, 0.2) is 82.3 Å². The van der Waals surface area contributed by atoms with Gasteiger partial charge in [-0.15, -0.1) is 0 Å². The van der Waals surface area contributed by atoms with Crippen LogP contribution in [0.3, 0.4) is 0 Å². The van der Waals surface area contributed by atoms with E-state index < -0.39 is 0 Å². The molecular weight excluding hydrogens is 658 g/mol. The highest BCUT2D eigenvalue weighted by molar-refractivity contribution is 9.10. The van der Waals surface area contributed by atoms with Crippen LogP contribution in [0.1, 0.15) is 27.9 Å². The molecule has 0 aliphatic rings. The number of hydrogen-bond donors (Lipinski definition) is 0. The number of Topliss-reactive ketones (excluding diaryl/α,β-unsaturated/α-hetero) is 1. The Kier molecular flexibility index (Phi) is 8.23. The molecule has 41 heavy (non-hydrogen) atoms. The average Bonchev–Trinajstić information content (AvgIpc) is 3.60. The second kappa shape index (κ2) is 12.0. The van der Waals surface area contributed by atoms with Gasteiger partial charge >= 0.3 is 0 Å². The van der Waals surface area contributed by atoms with E-state index in [0.29, 0.717) is 17.6 Å². The first-order chi connectivity index (χ1) is 19.7. The van der Waals surface area contributed by atoms with Crippen molar-refractivity contribution in [1.29, 1.82) is 0 Å². The first kappa shape index (κ1) is 28.1. The highest BCUT2D eigenvalue weighted by Gasteiger charge is 2.16. The lowest BCUT2D eigenvalue weighted by Crippen LogP contribution is -2.26. The molecule has 0 radical (unpaired) electrons. The minimum atomic E-state index is -0.358. The zero-order chi connectivity index (χ0) is 29.1. The van der Waals surface area contributed by atoms with Crippen LogP contribution in [0.5, 0.6) is 0 Å². The number of amides is 1. The standard InChI is InChI=1S/C14H12BrN5O2.C13H9BrN4O/c1-19(22-2)13(21)11-5-6-16-14(18-11)20-12-7-10(15)4-3-9(12)8-17-20;1-8(19)11-4-5-15-13(17-11)18-12-6-10(14)3-2-9(12)7-16-18/h3-8H,1-2H3;2-7H,1H3. The molecule has 1 amide bonds. The van der Waals surface area contributed by atoms with Crippen molar-refractivity contribution in [2.75, 3.05) is 14.2 Å². The Hall–Kier alpha value is -4.40. The third-order valence-corrected chi connectivity index (χ3v) is 6.86. The Balaban J connectivity index is 0.000000166. The van der Waals surface area contributed by atoms with Crippen molar-refractivity contribution in [3.05, 3.63) is 93.7 Å². The number of aromatic nitrogens is 8. The number of ketones is 1. The summed E-state index contributed by atoms with van der Waals surface area (Å²) in [5, 5.41) is 11.6. The molecule has 206 valence electrons. The topological polar surface area (TPSA) is 134 Å². The molecule has 0 N–H and O–H groups in total. The van der Waals surface area contributed by atoms with Gasteiger partial charge in [-0.2, -0.15) is 19.6 Å². The summed E-state index contributed by atoms with van der Waals surface area (Å²) >= 11 is 6.86. The predicted octanol–water partition coefficient (Wildman–Crippen LogP) is 4.99. The van der Waals surface area contributed by atoms with Gasteiger partial charge in [-0.05, 0) is 36.4 Å². The summed E-state index contributed by atoms with van der Waals surface area (Å²) in [6.07, 6.45) is 6.54. The molecule has 12 nitrogen and oxygen atoms in total. The Labute approximate surface area is 250 Å². The van der Waals surface area contributed by atoms with E-state index in [2.05, 4.69) is 62.0 Å². The molecule has 6 rings (SSSR count). The number of hydrogen-bond acceptors (Lipinski definition) is 9. The summed E-state index contributed by atoms with van der Waals surface area (Å²) in [7, 11) is 2.93. The van der Waals surface area contributed by atoms with Gasteiger partial charge in [0.05, 0.1) is 30.5 Å². The number of halogens is 2. The molecule has 4 aromatic heterocycles. The molecule has 2 aromatic carbocycles. The van der Waals surface area contributed by atoms with E-state index in [9.17, 15) is 9.59 Å². The van der Waals surface area contributed by atoms with E-state index in [4.69, 9.17) is 4.84 Å². The summed E-state index contributed by atoms with van der Waals surface area (Å²) in [5.74, 6) is 0.259. The molecule has 0 atom stereocenters. The first-order valence-corrected chi connectivity index (χ1v) is 13.6. The van der Waals surface area contributed by atoms with Crippen LogP contribution in [-0.2, 0) is 4.84 Å². The maximum Gasteiger partial charge on any atom is 0.295 e. The van der Waals surface area contributed by atoms with Gasteiger partial charge < -0.3 is 0 Å². The highest BCUT2D eigenvalue weighted by atomic mass is 79.9. The monoisotopic (exact) mass is 677 g/mol. The number of nitrogens with zero attached hydrogens (tertiary/aromatic N) is 9. The van der Waals surface area contributed by atoms with E-state index in [1.807, 2.05) is 36.4 Å². The molecule has 6 aromatic rings. The van der Waals surface area contributed by atoms with E-state index in [1.165, 1.54) is 33.3 Å². The summed E-state index contributed by atoms with van der Waals surface area (Å²) in [4.78, 5) is 45.2. The number of hydroxylamine groups is 2. The fourth-order valence-electron chi connectivity index (χ4n) is 3.76. The number of carbonyl (C=O) groups is 2. The minimum Gasteiger partial charge on any atom is -0.293 e. The van der Waals surface area contributed by atoms with Crippen molar-refractivity contribution in [2.45, 2.75) is 6.92 Å². The largest absolute Gasteiger partial charge is 0.295 e. The van der Waals surface area contributed by atoms with Crippen molar-refractivity contribution >= 4 is 65.4 Å². The molecule has 4 heterocycles. The quantitative estimate of drug-likeness (QED) is 0.183. The molecule has 14 heteroatoms. The lowest BCUT2D eigenvalue weighted by Gasteiger charge is -2.13. The Morgan fingerprint density at radius 3 is 1.76 bits per heavy atom. The maximum atomic E-state index is 12.1. The van der Waals surface area contributed by atoms with Crippen LogP contribution >= 0.6 is 31.9 Å². The molecule has 0 aliphatic heterocycles.